The third kappa shape index (κ3) is 3.68. The molecule has 0 unspecified atom stereocenters. The van der Waals surface area contributed by atoms with Crippen LogP contribution >= 0.6 is 11.3 Å². The summed E-state index contributed by atoms with van der Waals surface area (Å²) in [6, 6.07) is 13.1. The van der Waals surface area contributed by atoms with E-state index >= 15 is 0 Å². The van der Waals surface area contributed by atoms with Crippen LogP contribution in [0.4, 0.5) is 0 Å². The second-order valence-corrected chi connectivity index (χ2v) is 7.66. The number of para-hydroxylation sites is 1. The maximum absolute atomic E-state index is 12.4. The van der Waals surface area contributed by atoms with E-state index in [2.05, 4.69) is 6.07 Å². The number of carbonyl (C=O) groups is 1. The standard InChI is InChI=1S/C19H20N4O2S/c24-18-7-3-4-8-23(18)14-19(25)22-11-9-21(10-12-22)13-17-20-15-5-1-2-6-16(15)26-17/h1-8H,9-14H2/p+1. The van der Waals surface area contributed by atoms with Crippen LogP contribution in [0.3, 0.4) is 0 Å². The Morgan fingerprint density at radius 3 is 2.65 bits per heavy atom. The third-order valence-electron chi connectivity index (χ3n) is 4.77. The van der Waals surface area contributed by atoms with Gasteiger partial charge in [0, 0.05) is 12.3 Å². The van der Waals surface area contributed by atoms with E-state index in [4.69, 9.17) is 4.98 Å². The van der Waals surface area contributed by atoms with E-state index in [0.717, 1.165) is 43.2 Å². The Kier molecular flexibility index (Phi) is 4.81. The first-order valence-electron chi connectivity index (χ1n) is 8.80. The van der Waals surface area contributed by atoms with Crippen molar-refractivity contribution in [2.24, 2.45) is 0 Å². The Balaban J connectivity index is 1.33. The molecule has 1 amide bonds. The zero-order chi connectivity index (χ0) is 17.9. The molecule has 0 bridgehead atoms. The molecule has 0 aliphatic carbocycles. The van der Waals surface area contributed by atoms with Crippen molar-refractivity contribution in [2.75, 3.05) is 26.2 Å². The van der Waals surface area contributed by atoms with Gasteiger partial charge in [-0.3, -0.25) is 9.59 Å². The molecule has 1 fully saturated rings. The molecule has 7 heteroatoms. The minimum atomic E-state index is -0.138. The smallest absolute Gasteiger partial charge is 0.250 e. The van der Waals surface area contributed by atoms with Gasteiger partial charge in [-0.1, -0.05) is 18.2 Å². The fourth-order valence-corrected chi connectivity index (χ4v) is 4.33. The van der Waals surface area contributed by atoms with Gasteiger partial charge in [-0.05, 0) is 18.2 Å². The number of quaternary nitrogens is 1. The minimum absolute atomic E-state index is 0.0114. The van der Waals surface area contributed by atoms with Crippen molar-refractivity contribution in [1.29, 1.82) is 0 Å². The molecule has 0 atom stereocenters. The molecule has 6 nitrogen and oxygen atoms in total. The summed E-state index contributed by atoms with van der Waals surface area (Å²) in [5.74, 6) is 0.0114. The highest BCUT2D eigenvalue weighted by atomic mass is 32.1. The topological polar surface area (TPSA) is 59.6 Å². The highest BCUT2D eigenvalue weighted by Crippen LogP contribution is 2.20. The largest absolute Gasteiger partial charge is 0.330 e. The summed E-state index contributed by atoms with van der Waals surface area (Å²) in [4.78, 5) is 32.2. The lowest BCUT2D eigenvalue weighted by Crippen LogP contribution is -3.13. The van der Waals surface area contributed by atoms with Crippen molar-refractivity contribution in [3.8, 4) is 0 Å². The molecule has 1 aromatic carbocycles. The molecule has 3 aromatic rings. The minimum Gasteiger partial charge on any atom is -0.330 e. The van der Waals surface area contributed by atoms with Gasteiger partial charge in [-0.15, -0.1) is 11.3 Å². The van der Waals surface area contributed by atoms with Gasteiger partial charge in [-0.2, -0.15) is 0 Å². The summed E-state index contributed by atoms with van der Waals surface area (Å²) < 4.78 is 2.69. The van der Waals surface area contributed by atoms with Crippen LogP contribution in [0.5, 0.6) is 0 Å². The van der Waals surface area contributed by atoms with Gasteiger partial charge in [0.25, 0.3) is 5.56 Å². The lowest BCUT2D eigenvalue weighted by atomic mass is 10.3. The van der Waals surface area contributed by atoms with Gasteiger partial charge < -0.3 is 14.4 Å². The third-order valence-corrected chi connectivity index (χ3v) is 5.80. The lowest BCUT2D eigenvalue weighted by Gasteiger charge is -2.32. The van der Waals surface area contributed by atoms with Gasteiger partial charge in [0.05, 0.1) is 36.4 Å². The Morgan fingerprint density at radius 2 is 1.88 bits per heavy atom. The van der Waals surface area contributed by atoms with Gasteiger partial charge >= 0.3 is 0 Å². The van der Waals surface area contributed by atoms with Crippen molar-refractivity contribution < 1.29 is 9.69 Å². The van der Waals surface area contributed by atoms with E-state index in [-0.39, 0.29) is 18.0 Å². The average molecular weight is 369 g/mol. The number of nitrogens with zero attached hydrogens (tertiary/aromatic N) is 3. The number of aromatic nitrogens is 2. The number of benzene rings is 1. The molecule has 1 aliphatic heterocycles. The average Bonchev–Trinajstić information content (AvgIpc) is 3.06. The summed E-state index contributed by atoms with van der Waals surface area (Å²) >= 11 is 1.75. The quantitative estimate of drug-likeness (QED) is 0.724. The monoisotopic (exact) mass is 369 g/mol. The summed E-state index contributed by atoms with van der Waals surface area (Å²) in [7, 11) is 0. The molecule has 4 rings (SSSR count). The number of nitrogens with one attached hydrogen (secondary N) is 1. The lowest BCUT2D eigenvalue weighted by molar-refractivity contribution is -0.917. The number of amides is 1. The number of hydrogen-bond donors (Lipinski definition) is 1. The van der Waals surface area contributed by atoms with Crippen LogP contribution in [-0.4, -0.2) is 46.5 Å². The predicted molar refractivity (Wildman–Crippen MR) is 101 cm³/mol. The van der Waals surface area contributed by atoms with Crippen LogP contribution in [0, 0.1) is 0 Å². The second-order valence-electron chi connectivity index (χ2n) is 6.55. The van der Waals surface area contributed by atoms with Crippen LogP contribution in [0.15, 0.2) is 53.5 Å². The molecule has 0 radical (unpaired) electrons. The van der Waals surface area contributed by atoms with Crippen molar-refractivity contribution in [3.63, 3.8) is 0 Å². The first-order chi connectivity index (χ1) is 12.7. The normalized spacial score (nSPS) is 15.5. The first kappa shape index (κ1) is 16.9. The van der Waals surface area contributed by atoms with E-state index in [9.17, 15) is 9.59 Å². The number of fused-ring (bicyclic) bond motifs is 1. The molecular formula is C19H21N4O2S+. The number of piperazine rings is 1. The molecule has 2 aromatic heterocycles. The first-order valence-corrected chi connectivity index (χ1v) is 9.62. The fourth-order valence-electron chi connectivity index (χ4n) is 3.30. The van der Waals surface area contributed by atoms with E-state index in [1.807, 2.05) is 23.1 Å². The molecular weight excluding hydrogens is 348 g/mol. The maximum Gasteiger partial charge on any atom is 0.250 e. The Hall–Kier alpha value is -2.51. The highest BCUT2D eigenvalue weighted by Gasteiger charge is 2.24. The molecule has 1 aliphatic rings. The number of carbonyl (C=O) groups excluding carboxylic acids is 1. The molecule has 1 N–H and O–H groups in total. The Bertz CT molecular complexity index is 940. The van der Waals surface area contributed by atoms with Gasteiger partial charge in [0.15, 0.2) is 0 Å². The molecule has 3 heterocycles. The van der Waals surface area contributed by atoms with E-state index in [1.165, 1.54) is 20.2 Å². The van der Waals surface area contributed by atoms with Gasteiger partial charge in [-0.25, -0.2) is 4.98 Å². The Morgan fingerprint density at radius 1 is 1.12 bits per heavy atom. The predicted octanol–water partition coefficient (Wildman–Crippen LogP) is 0.385. The number of pyridine rings is 1. The van der Waals surface area contributed by atoms with Crippen LogP contribution in [0.1, 0.15) is 5.01 Å². The highest BCUT2D eigenvalue weighted by molar-refractivity contribution is 7.18. The van der Waals surface area contributed by atoms with Crippen LogP contribution < -0.4 is 10.5 Å². The number of hydrogen-bond acceptors (Lipinski definition) is 4. The van der Waals surface area contributed by atoms with Crippen molar-refractivity contribution in [1.82, 2.24) is 14.5 Å². The fraction of sp³-hybridized carbons (Fsp3) is 0.316. The molecule has 134 valence electrons. The molecule has 1 saturated heterocycles. The summed E-state index contributed by atoms with van der Waals surface area (Å²) in [5.41, 5.74) is 0.926. The SMILES string of the molecule is O=C(Cn1ccccc1=O)N1CC[NH+](Cc2nc3ccccc3s2)CC1. The summed E-state index contributed by atoms with van der Waals surface area (Å²) in [6.45, 7) is 4.28. The Labute approximate surface area is 155 Å². The summed E-state index contributed by atoms with van der Waals surface area (Å²) in [6.07, 6.45) is 1.66. The van der Waals surface area contributed by atoms with E-state index < -0.39 is 0 Å². The summed E-state index contributed by atoms with van der Waals surface area (Å²) in [5, 5.41) is 1.15. The number of thiazole rings is 1. The second kappa shape index (κ2) is 7.39. The molecule has 0 spiro atoms. The molecule has 26 heavy (non-hydrogen) atoms. The van der Waals surface area contributed by atoms with Crippen molar-refractivity contribution in [2.45, 2.75) is 13.1 Å². The van der Waals surface area contributed by atoms with Gasteiger partial charge in [0.1, 0.15) is 18.1 Å². The van der Waals surface area contributed by atoms with E-state index in [0.29, 0.717) is 0 Å². The zero-order valence-corrected chi connectivity index (χ0v) is 15.2. The zero-order valence-electron chi connectivity index (χ0n) is 14.4. The van der Waals surface area contributed by atoms with E-state index in [1.54, 1.807) is 29.7 Å². The molecule has 0 saturated carbocycles. The van der Waals surface area contributed by atoms with Crippen LogP contribution in [-0.2, 0) is 17.9 Å². The maximum atomic E-state index is 12.4. The van der Waals surface area contributed by atoms with Crippen molar-refractivity contribution in [3.05, 3.63) is 64.0 Å². The van der Waals surface area contributed by atoms with Crippen molar-refractivity contribution >= 4 is 27.5 Å². The van der Waals surface area contributed by atoms with Crippen LogP contribution in [0.2, 0.25) is 0 Å². The van der Waals surface area contributed by atoms with Gasteiger partial charge in [0.2, 0.25) is 5.91 Å². The number of rotatable bonds is 4. The van der Waals surface area contributed by atoms with Crippen LogP contribution in [0.25, 0.3) is 10.2 Å².